The Balaban J connectivity index is 1.60. The summed E-state index contributed by atoms with van der Waals surface area (Å²) in [6.07, 6.45) is -1.27. The van der Waals surface area contributed by atoms with E-state index in [-0.39, 0.29) is 23.6 Å². The molecule has 1 aliphatic rings. The molecule has 162 valence electrons. The molecule has 0 spiro atoms. The quantitative estimate of drug-likeness (QED) is 0.641. The number of halogens is 3. The molecule has 0 aliphatic heterocycles. The highest BCUT2D eigenvalue weighted by atomic mass is 19.4. The molecule has 0 amide bonds. The number of H-pyrrole nitrogens is 2. The third-order valence-corrected chi connectivity index (χ3v) is 5.94. The van der Waals surface area contributed by atoms with Crippen LogP contribution in [0.1, 0.15) is 65.7 Å². The van der Waals surface area contributed by atoms with Crippen LogP contribution in [0.4, 0.5) is 13.2 Å². The van der Waals surface area contributed by atoms with Crippen LogP contribution in [0.5, 0.6) is 0 Å². The monoisotopic (exact) mass is 429 g/mol. The summed E-state index contributed by atoms with van der Waals surface area (Å²) in [5.74, 6) is 0.385. The fourth-order valence-corrected chi connectivity index (χ4v) is 4.41. The highest BCUT2D eigenvalue weighted by Crippen LogP contribution is 2.40. The van der Waals surface area contributed by atoms with Gasteiger partial charge in [0, 0.05) is 23.4 Å². The SMILES string of the molecule is O=c1[nH]c(C2CCC(c3ccccc3)CC2)c(Cc2cccc(C(F)(F)F)n2)c(=O)[nH]1. The van der Waals surface area contributed by atoms with E-state index in [1.807, 2.05) is 18.2 Å². The summed E-state index contributed by atoms with van der Waals surface area (Å²) in [5, 5.41) is 0. The summed E-state index contributed by atoms with van der Waals surface area (Å²) in [6, 6.07) is 13.8. The van der Waals surface area contributed by atoms with Crippen molar-refractivity contribution in [3.05, 3.63) is 97.6 Å². The Kier molecular flexibility index (Phi) is 5.80. The molecule has 4 rings (SSSR count). The summed E-state index contributed by atoms with van der Waals surface area (Å²) in [5.41, 5.74) is -0.000697. The van der Waals surface area contributed by atoms with Gasteiger partial charge in [0.2, 0.25) is 0 Å². The van der Waals surface area contributed by atoms with Crippen LogP contribution in [0, 0.1) is 0 Å². The minimum absolute atomic E-state index is 0.0317. The minimum atomic E-state index is -4.56. The second-order valence-corrected chi connectivity index (χ2v) is 7.95. The molecule has 0 unspecified atom stereocenters. The summed E-state index contributed by atoms with van der Waals surface area (Å²) in [4.78, 5) is 33.1. The van der Waals surface area contributed by atoms with Gasteiger partial charge in [-0.05, 0) is 55.2 Å². The van der Waals surface area contributed by atoms with Gasteiger partial charge in [-0.25, -0.2) is 9.78 Å². The van der Waals surface area contributed by atoms with Crippen molar-refractivity contribution in [1.82, 2.24) is 15.0 Å². The van der Waals surface area contributed by atoms with Crippen molar-refractivity contribution >= 4 is 0 Å². The molecule has 8 heteroatoms. The number of nitrogens with zero attached hydrogens (tertiary/aromatic N) is 1. The van der Waals surface area contributed by atoms with Gasteiger partial charge in [-0.1, -0.05) is 36.4 Å². The summed E-state index contributed by atoms with van der Waals surface area (Å²) >= 11 is 0. The molecular weight excluding hydrogens is 407 g/mol. The minimum Gasteiger partial charge on any atom is -0.311 e. The molecule has 0 atom stereocenters. The molecule has 0 radical (unpaired) electrons. The maximum Gasteiger partial charge on any atom is 0.433 e. The van der Waals surface area contributed by atoms with Crippen molar-refractivity contribution in [2.45, 2.75) is 50.1 Å². The first-order valence-corrected chi connectivity index (χ1v) is 10.2. The van der Waals surface area contributed by atoms with Crippen LogP contribution in [-0.4, -0.2) is 15.0 Å². The first-order chi connectivity index (χ1) is 14.8. The second kappa shape index (κ2) is 8.53. The van der Waals surface area contributed by atoms with Crippen LogP contribution in [-0.2, 0) is 12.6 Å². The maximum absolute atomic E-state index is 13.0. The molecule has 0 bridgehead atoms. The van der Waals surface area contributed by atoms with Gasteiger partial charge < -0.3 is 4.98 Å². The van der Waals surface area contributed by atoms with Crippen molar-refractivity contribution < 1.29 is 13.2 Å². The van der Waals surface area contributed by atoms with Crippen molar-refractivity contribution in [2.24, 2.45) is 0 Å². The van der Waals surface area contributed by atoms with Gasteiger partial charge >= 0.3 is 11.9 Å². The predicted octanol–water partition coefficient (Wildman–Crippen LogP) is 4.51. The Morgan fingerprint density at radius 3 is 2.23 bits per heavy atom. The van der Waals surface area contributed by atoms with Crippen LogP contribution in [0.25, 0.3) is 0 Å². The number of hydrogen-bond donors (Lipinski definition) is 2. The number of aromatic amines is 2. The molecule has 2 heterocycles. The fourth-order valence-electron chi connectivity index (χ4n) is 4.41. The van der Waals surface area contributed by atoms with E-state index in [0.717, 1.165) is 31.7 Å². The Labute approximate surface area is 176 Å². The molecule has 1 aliphatic carbocycles. The predicted molar refractivity (Wildman–Crippen MR) is 110 cm³/mol. The number of pyridine rings is 1. The third kappa shape index (κ3) is 4.78. The number of hydrogen-bond acceptors (Lipinski definition) is 3. The lowest BCUT2D eigenvalue weighted by atomic mass is 9.76. The fraction of sp³-hybridized carbons (Fsp3) is 0.348. The summed E-state index contributed by atoms with van der Waals surface area (Å²) in [7, 11) is 0. The highest BCUT2D eigenvalue weighted by molar-refractivity contribution is 5.28. The number of rotatable bonds is 4. The van der Waals surface area contributed by atoms with Gasteiger partial charge in [0.25, 0.3) is 5.56 Å². The Morgan fingerprint density at radius 1 is 0.871 bits per heavy atom. The molecule has 5 nitrogen and oxygen atoms in total. The van der Waals surface area contributed by atoms with Crippen LogP contribution >= 0.6 is 0 Å². The lowest BCUT2D eigenvalue weighted by Gasteiger charge is -2.29. The largest absolute Gasteiger partial charge is 0.433 e. The molecule has 2 N–H and O–H groups in total. The zero-order valence-electron chi connectivity index (χ0n) is 16.7. The van der Waals surface area contributed by atoms with Crippen molar-refractivity contribution in [3.8, 4) is 0 Å². The van der Waals surface area contributed by atoms with E-state index < -0.39 is 23.1 Å². The van der Waals surface area contributed by atoms with E-state index in [4.69, 9.17) is 0 Å². The van der Waals surface area contributed by atoms with Crippen LogP contribution in [0.2, 0.25) is 0 Å². The lowest BCUT2D eigenvalue weighted by molar-refractivity contribution is -0.141. The standard InChI is InChI=1S/C23H22F3N3O2/c24-23(25,26)19-8-4-7-17(27-19)13-18-20(28-22(31)29-21(18)30)16-11-9-15(10-12-16)14-5-2-1-3-6-14/h1-8,15-16H,9-13H2,(H2,28,29,30,31). The average molecular weight is 429 g/mol. The van der Waals surface area contributed by atoms with E-state index in [2.05, 4.69) is 27.1 Å². The maximum atomic E-state index is 13.0. The third-order valence-electron chi connectivity index (χ3n) is 5.94. The van der Waals surface area contributed by atoms with Crippen molar-refractivity contribution in [2.75, 3.05) is 0 Å². The van der Waals surface area contributed by atoms with E-state index in [9.17, 15) is 22.8 Å². The topological polar surface area (TPSA) is 78.6 Å². The molecular formula is C23H22F3N3O2. The van der Waals surface area contributed by atoms with Gasteiger partial charge in [-0.2, -0.15) is 13.2 Å². The number of aromatic nitrogens is 3. The summed E-state index contributed by atoms with van der Waals surface area (Å²) in [6.45, 7) is 0. The van der Waals surface area contributed by atoms with Crippen molar-refractivity contribution in [1.29, 1.82) is 0 Å². The molecule has 3 aromatic rings. The Morgan fingerprint density at radius 2 is 1.55 bits per heavy atom. The first-order valence-electron chi connectivity index (χ1n) is 10.2. The molecule has 1 aromatic carbocycles. The van der Waals surface area contributed by atoms with Crippen molar-refractivity contribution in [3.63, 3.8) is 0 Å². The zero-order valence-corrected chi connectivity index (χ0v) is 16.7. The van der Waals surface area contributed by atoms with Gasteiger partial charge in [-0.3, -0.25) is 9.78 Å². The summed E-state index contributed by atoms with van der Waals surface area (Å²) < 4.78 is 39.0. The van der Waals surface area contributed by atoms with E-state index >= 15 is 0 Å². The molecule has 0 saturated heterocycles. The zero-order chi connectivity index (χ0) is 22.0. The van der Waals surface area contributed by atoms with Gasteiger partial charge in [-0.15, -0.1) is 0 Å². The smallest absolute Gasteiger partial charge is 0.311 e. The van der Waals surface area contributed by atoms with E-state index in [1.165, 1.54) is 17.7 Å². The van der Waals surface area contributed by atoms with E-state index in [1.54, 1.807) is 0 Å². The van der Waals surface area contributed by atoms with Gasteiger partial charge in [0.05, 0.1) is 0 Å². The normalized spacial score (nSPS) is 19.3. The second-order valence-electron chi connectivity index (χ2n) is 7.95. The number of nitrogens with one attached hydrogen (secondary N) is 2. The molecule has 1 saturated carbocycles. The molecule has 1 fully saturated rings. The Bertz CT molecular complexity index is 1160. The first kappa shape index (κ1) is 21.1. The average Bonchev–Trinajstić information content (AvgIpc) is 2.76. The van der Waals surface area contributed by atoms with Crippen LogP contribution < -0.4 is 11.2 Å². The number of alkyl halides is 3. The van der Waals surface area contributed by atoms with Gasteiger partial charge in [0.1, 0.15) is 5.69 Å². The highest BCUT2D eigenvalue weighted by Gasteiger charge is 2.33. The molecule has 2 aromatic heterocycles. The van der Waals surface area contributed by atoms with Crippen LogP contribution in [0.3, 0.4) is 0 Å². The van der Waals surface area contributed by atoms with E-state index in [0.29, 0.717) is 11.6 Å². The number of benzene rings is 1. The van der Waals surface area contributed by atoms with Gasteiger partial charge in [0.15, 0.2) is 0 Å². The molecule has 31 heavy (non-hydrogen) atoms. The lowest BCUT2D eigenvalue weighted by Crippen LogP contribution is -2.30. The Hall–Kier alpha value is -3.16. The van der Waals surface area contributed by atoms with Crippen LogP contribution in [0.15, 0.2) is 58.1 Å².